The van der Waals surface area contributed by atoms with Crippen molar-refractivity contribution in [1.29, 1.82) is 0 Å². The normalized spacial score (nSPS) is 10.7. The molecule has 0 aliphatic heterocycles. The average molecular weight is 405 g/mol. The van der Waals surface area contributed by atoms with Crippen LogP contribution in [0.25, 0.3) is 22.2 Å². The van der Waals surface area contributed by atoms with Crippen molar-refractivity contribution in [3.63, 3.8) is 0 Å². The summed E-state index contributed by atoms with van der Waals surface area (Å²) in [5, 5.41) is 15.0. The molecule has 0 unspecified atom stereocenters. The van der Waals surface area contributed by atoms with E-state index in [9.17, 15) is 14.9 Å². The van der Waals surface area contributed by atoms with Crippen LogP contribution in [0.2, 0.25) is 5.02 Å². The number of aromatic nitrogens is 2. The van der Waals surface area contributed by atoms with Gasteiger partial charge in [-0.15, -0.1) is 0 Å². The van der Waals surface area contributed by atoms with Crippen molar-refractivity contribution < 1.29 is 9.72 Å². The monoisotopic (exact) mass is 404 g/mol. The van der Waals surface area contributed by atoms with Crippen LogP contribution >= 0.6 is 11.6 Å². The maximum Gasteiger partial charge on any atom is 0.293 e. The lowest BCUT2D eigenvalue weighted by atomic mass is 10.1. The van der Waals surface area contributed by atoms with Crippen LogP contribution in [0.3, 0.4) is 0 Å². The predicted molar refractivity (Wildman–Crippen MR) is 111 cm³/mol. The molecule has 1 N–H and O–H groups in total. The van der Waals surface area contributed by atoms with Crippen LogP contribution in [0, 0.1) is 10.1 Å². The van der Waals surface area contributed by atoms with Gasteiger partial charge in [0.2, 0.25) is 5.82 Å². The molecule has 3 aromatic carbocycles. The van der Waals surface area contributed by atoms with E-state index in [4.69, 9.17) is 11.6 Å². The van der Waals surface area contributed by atoms with Gasteiger partial charge in [-0.25, -0.2) is 9.97 Å². The van der Waals surface area contributed by atoms with Crippen molar-refractivity contribution in [2.45, 2.75) is 0 Å². The minimum absolute atomic E-state index is 0.00740. The Kier molecular flexibility index (Phi) is 4.88. The molecule has 0 aliphatic carbocycles. The number of halogens is 1. The number of nitro groups is 1. The molecule has 0 saturated carbocycles. The van der Waals surface area contributed by atoms with Crippen LogP contribution in [0.1, 0.15) is 10.6 Å². The molecule has 0 aliphatic rings. The van der Waals surface area contributed by atoms with Gasteiger partial charge < -0.3 is 5.32 Å². The first-order chi connectivity index (χ1) is 14.0. The molecule has 0 spiro atoms. The second-order valence-corrected chi connectivity index (χ2v) is 6.61. The number of carbonyl (C=O) groups excluding carboxylic acids is 1. The van der Waals surface area contributed by atoms with E-state index in [1.54, 1.807) is 42.5 Å². The lowest BCUT2D eigenvalue weighted by molar-refractivity contribution is -0.384. The van der Waals surface area contributed by atoms with Gasteiger partial charge in [0.05, 0.1) is 16.1 Å². The molecule has 8 heteroatoms. The van der Waals surface area contributed by atoms with Crippen molar-refractivity contribution in [2.75, 3.05) is 5.32 Å². The van der Waals surface area contributed by atoms with E-state index < -0.39 is 10.8 Å². The van der Waals surface area contributed by atoms with Crippen LogP contribution in [0.5, 0.6) is 0 Å². The first-order valence-corrected chi connectivity index (χ1v) is 8.97. The molecule has 1 heterocycles. The zero-order chi connectivity index (χ0) is 20.4. The topological polar surface area (TPSA) is 98.0 Å². The largest absolute Gasteiger partial charge is 0.319 e. The van der Waals surface area contributed by atoms with E-state index in [-0.39, 0.29) is 11.5 Å². The molecule has 142 valence electrons. The molecule has 0 saturated heterocycles. The SMILES string of the molecule is O=C(Nc1ccc(Cl)cc1)c1nc(-c2ccc([N+](=O)[O-])cc2)c2ccccc2n1. The highest BCUT2D eigenvalue weighted by Crippen LogP contribution is 2.28. The number of nitro benzene ring substituents is 1. The number of amides is 1. The number of carbonyl (C=O) groups is 1. The Morgan fingerprint density at radius 2 is 1.62 bits per heavy atom. The summed E-state index contributed by atoms with van der Waals surface area (Å²) in [7, 11) is 0. The van der Waals surface area contributed by atoms with Crippen molar-refractivity contribution in [2.24, 2.45) is 0 Å². The quantitative estimate of drug-likeness (QED) is 0.376. The minimum atomic E-state index is -0.471. The molecule has 4 aromatic rings. The van der Waals surface area contributed by atoms with E-state index in [0.29, 0.717) is 27.5 Å². The molecule has 4 rings (SSSR count). The second kappa shape index (κ2) is 7.65. The van der Waals surface area contributed by atoms with Gasteiger partial charge in [0.25, 0.3) is 11.6 Å². The van der Waals surface area contributed by atoms with Crippen molar-refractivity contribution in [1.82, 2.24) is 9.97 Å². The van der Waals surface area contributed by atoms with Crippen molar-refractivity contribution >= 4 is 39.8 Å². The molecule has 0 bridgehead atoms. The fraction of sp³-hybridized carbons (Fsp3) is 0. The van der Waals surface area contributed by atoms with Gasteiger partial charge in [-0.2, -0.15) is 0 Å². The van der Waals surface area contributed by atoms with Crippen LogP contribution in [0.15, 0.2) is 72.8 Å². The maximum atomic E-state index is 12.7. The number of hydrogen-bond acceptors (Lipinski definition) is 5. The van der Waals surface area contributed by atoms with E-state index in [1.807, 2.05) is 18.2 Å². The number of anilines is 1. The van der Waals surface area contributed by atoms with Crippen LogP contribution in [0.4, 0.5) is 11.4 Å². The first kappa shape index (κ1) is 18.5. The van der Waals surface area contributed by atoms with Crippen LogP contribution in [-0.2, 0) is 0 Å². The van der Waals surface area contributed by atoms with Crippen molar-refractivity contribution in [3.05, 3.63) is 93.8 Å². The molecular formula is C21H13ClN4O3. The fourth-order valence-electron chi connectivity index (χ4n) is 2.86. The summed E-state index contributed by atoms with van der Waals surface area (Å²) in [6, 6.07) is 20.0. The van der Waals surface area contributed by atoms with E-state index in [2.05, 4.69) is 15.3 Å². The summed E-state index contributed by atoms with van der Waals surface area (Å²) in [5.41, 5.74) is 2.31. The Hall–Kier alpha value is -3.84. The van der Waals surface area contributed by atoms with Gasteiger partial charge in [-0.1, -0.05) is 29.8 Å². The van der Waals surface area contributed by atoms with E-state index in [1.165, 1.54) is 12.1 Å². The van der Waals surface area contributed by atoms with Gasteiger partial charge in [0.1, 0.15) is 0 Å². The lowest BCUT2D eigenvalue weighted by Crippen LogP contribution is -2.16. The lowest BCUT2D eigenvalue weighted by Gasteiger charge is -2.09. The number of nitrogens with one attached hydrogen (secondary N) is 1. The van der Waals surface area contributed by atoms with Crippen LogP contribution < -0.4 is 5.32 Å². The van der Waals surface area contributed by atoms with Gasteiger partial charge in [0.15, 0.2) is 0 Å². The summed E-state index contributed by atoms with van der Waals surface area (Å²) in [4.78, 5) is 32.0. The maximum absolute atomic E-state index is 12.7. The summed E-state index contributed by atoms with van der Waals surface area (Å²) in [6.45, 7) is 0. The summed E-state index contributed by atoms with van der Waals surface area (Å²) in [5.74, 6) is -0.478. The Morgan fingerprint density at radius 3 is 2.31 bits per heavy atom. The highest BCUT2D eigenvalue weighted by molar-refractivity contribution is 6.30. The number of non-ortho nitro benzene ring substituents is 1. The van der Waals surface area contributed by atoms with Gasteiger partial charge >= 0.3 is 0 Å². The number of para-hydroxylation sites is 1. The molecule has 29 heavy (non-hydrogen) atoms. The molecule has 1 amide bonds. The standard InChI is InChI=1S/C21H13ClN4O3/c22-14-7-9-15(10-8-14)23-21(27)20-24-18-4-2-1-3-17(18)19(25-20)13-5-11-16(12-6-13)26(28)29/h1-12H,(H,23,27). The Balaban J connectivity index is 1.77. The third kappa shape index (κ3) is 3.90. The zero-order valence-electron chi connectivity index (χ0n) is 14.9. The Labute approximate surface area is 170 Å². The number of rotatable bonds is 4. The molecule has 0 atom stereocenters. The summed E-state index contributed by atoms with van der Waals surface area (Å²) in [6.07, 6.45) is 0. The highest BCUT2D eigenvalue weighted by atomic mass is 35.5. The Morgan fingerprint density at radius 1 is 0.931 bits per heavy atom. The fourth-order valence-corrected chi connectivity index (χ4v) is 2.99. The minimum Gasteiger partial charge on any atom is -0.319 e. The average Bonchev–Trinajstić information content (AvgIpc) is 2.74. The van der Waals surface area contributed by atoms with Gasteiger partial charge in [-0.3, -0.25) is 14.9 Å². The predicted octanol–water partition coefficient (Wildman–Crippen LogP) is 5.11. The smallest absolute Gasteiger partial charge is 0.293 e. The van der Waals surface area contributed by atoms with E-state index >= 15 is 0 Å². The van der Waals surface area contributed by atoms with Crippen LogP contribution in [-0.4, -0.2) is 20.8 Å². The third-order valence-electron chi connectivity index (χ3n) is 4.26. The van der Waals surface area contributed by atoms with Crippen molar-refractivity contribution in [3.8, 4) is 11.3 Å². The molecule has 1 aromatic heterocycles. The van der Waals surface area contributed by atoms with Gasteiger partial charge in [0, 0.05) is 33.8 Å². The number of fused-ring (bicyclic) bond motifs is 1. The zero-order valence-corrected chi connectivity index (χ0v) is 15.6. The molecule has 0 fully saturated rings. The first-order valence-electron chi connectivity index (χ1n) is 8.60. The Bertz CT molecular complexity index is 1230. The number of benzene rings is 3. The summed E-state index contributed by atoms with van der Waals surface area (Å²) >= 11 is 5.87. The summed E-state index contributed by atoms with van der Waals surface area (Å²) < 4.78 is 0. The third-order valence-corrected chi connectivity index (χ3v) is 4.51. The second-order valence-electron chi connectivity index (χ2n) is 6.18. The number of hydrogen-bond donors (Lipinski definition) is 1. The molecule has 7 nitrogen and oxygen atoms in total. The van der Waals surface area contributed by atoms with E-state index in [0.717, 1.165) is 5.39 Å². The molecule has 0 radical (unpaired) electrons. The highest BCUT2D eigenvalue weighted by Gasteiger charge is 2.16. The molecular weight excluding hydrogens is 392 g/mol. The number of nitrogens with zero attached hydrogens (tertiary/aromatic N) is 3. The van der Waals surface area contributed by atoms with Gasteiger partial charge in [-0.05, 0) is 42.5 Å².